The van der Waals surface area contributed by atoms with Gasteiger partial charge < -0.3 is 9.64 Å². The van der Waals surface area contributed by atoms with Gasteiger partial charge in [-0.25, -0.2) is 0 Å². The van der Waals surface area contributed by atoms with Crippen LogP contribution in [0.3, 0.4) is 0 Å². The van der Waals surface area contributed by atoms with Crippen molar-refractivity contribution in [2.45, 2.75) is 78.9 Å². The van der Waals surface area contributed by atoms with Gasteiger partial charge in [0, 0.05) is 26.0 Å². The molecule has 0 fully saturated rings. The van der Waals surface area contributed by atoms with Crippen LogP contribution in [0.1, 0.15) is 67.2 Å². The van der Waals surface area contributed by atoms with Crippen LogP contribution in [0, 0.1) is 0 Å². The molecule has 0 aliphatic heterocycles. The highest BCUT2D eigenvalue weighted by molar-refractivity contribution is 5.88. The Morgan fingerprint density at radius 2 is 1.75 bits per heavy atom. The fourth-order valence-electron chi connectivity index (χ4n) is 2.44. The molecule has 1 unspecified atom stereocenters. The first kappa shape index (κ1) is 19.1. The van der Waals surface area contributed by atoms with Crippen molar-refractivity contribution in [2.75, 3.05) is 13.2 Å². The van der Waals surface area contributed by atoms with E-state index in [0.717, 1.165) is 0 Å². The van der Waals surface area contributed by atoms with E-state index in [9.17, 15) is 9.59 Å². The van der Waals surface area contributed by atoms with Gasteiger partial charge in [0.2, 0.25) is 5.91 Å². The minimum atomic E-state index is -0.291. The molecule has 20 heavy (non-hydrogen) atoms. The van der Waals surface area contributed by atoms with Crippen molar-refractivity contribution in [1.82, 2.24) is 4.90 Å². The van der Waals surface area contributed by atoms with E-state index < -0.39 is 0 Å². The summed E-state index contributed by atoms with van der Waals surface area (Å²) < 4.78 is 5.61. The van der Waals surface area contributed by atoms with E-state index in [0.29, 0.717) is 38.8 Å². The molecule has 0 saturated heterocycles. The zero-order valence-electron chi connectivity index (χ0n) is 14.0. The predicted molar refractivity (Wildman–Crippen MR) is 81.7 cm³/mol. The number of Topliss-reactive ketones (excluding diaryl/α,β-unsaturated/α-hetero) is 1. The number of ketones is 1. The van der Waals surface area contributed by atoms with Gasteiger partial charge in [-0.2, -0.15) is 0 Å². The number of likely N-dealkylation sites (N-methyl/N-ethyl adjacent to an activating group) is 1. The van der Waals surface area contributed by atoms with Crippen LogP contribution in [0.25, 0.3) is 0 Å². The Kier molecular flexibility index (Phi) is 8.70. The van der Waals surface area contributed by atoms with E-state index in [1.54, 1.807) is 4.90 Å². The second kappa shape index (κ2) is 9.11. The summed E-state index contributed by atoms with van der Waals surface area (Å²) in [6, 6.07) is -0.271. The van der Waals surface area contributed by atoms with Crippen LogP contribution in [0.15, 0.2) is 0 Å². The maximum atomic E-state index is 12.4. The first-order chi connectivity index (χ1) is 9.32. The second-order valence-electron chi connectivity index (χ2n) is 5.62. The first-order valence-electron chi connectivity index (χ1n) is 7.79. The summed E-state index contributed by atoms with van der Waals surface area (Å²) in [5.74, 6) is 0.195. The molecule has 0 aromatic carbocycles. The molecule has 0 aliphatic rings. The number of amides is 1. The molecule has 0 aliphatic carbocycles. The highest BCUT2D eigenvalue weighted by Crippen LogP contribution is 2.19. The van der Waals surface area contributed by atoms with Gasteiger partial charge in [0.05, 0.1) is 11.6 Å². The van der Waals surface area contributed by atoms with Gasteiger partial charge in [0.25, 0.3) is 0 Å². The molecule has 1 amide bonds. The monoisotopic (exact) mass is 285 g/mol. The molecule has 0 saturated carbocycles. The maximum Gasteiger partial charge on any atom is 0.223 e. The molecule has 0 aromatic heterocycles. The molecule has 0 heterocycles. The van der Waals surface area contributed by atoms with Crippen molar-refractivity contribution in [3.63, 3.8) is 0 Å². The third kappa shape index (κ3) is 6.04. The largest absolute Gasteiger partial charge is 0.376 e. The average molecular weight is 285 g/mol. The summed E-state index contributed by atoms with van der Waals surface area (Å²) in [7, 11) is 0. The van der Waals surface area contributed by atoms with Crippen molar-refractivity contribution in [3.05, 3.63) is 0 Å². The van der Waals surface area contributed by atoms with Gasteiger partial charge >= 0.3 is 0 Å². The molecule has 0 rings (SSSR count). The van der Waals surface area contributed by atoms with Crippen LogP contribution in [-0.4, -0.2) is 41.4 Å². The Labute approximate surface area is 123 Å². The Bertz CT molecular complexity index is 313. The highest BCUT2D eigenvalue weighted by Gasteiger charge is 2.27. The minimum absolute atomic E-state index is 0.0499. The summed E-state index contributed by atoms with van der Waals surface area (Å²) in [4.78, 5) is 26.0. The van der Waals surface area contributed by atoms with Gasteiger partial charge in [-0.05, 0) is 40.5 Å². The van der Waals surface area contributed by atoms with Crippen LogP contribution in [0.4, 0.5) is 0 Å². The minimum Gasteiger partial charge on any atom is -0.376 e. The molecule has 0 spiro atoms. The predicted octanol–water partition coefficient (Wildman–Crippen LogP) is 3.19. The summed E-state index contributed by atoms with van der Waals surface area (Å²) in [5, 5.41) is 0. The van der Waals surface area contributed by atoms with E-state index in [1.165, 1.54) is 0 Å². The molecule has 0 radical (unpaired) electrons. The Hall–Kier alpha value is -0.900. The average Bonchev–Trinajstić information content (AvgIpc) is 2.41. The number of hydrogen-bond acceptors (Lipinski definition) is 3. The summed E-state index contributed by atoms with van der Waals surface area (Å²) in [5.41, 5.74) is -0.291. The van der Waals surface area contributed by atoms with E-state index in [1.807, 2.05) is 41.5 Å². The molecule has 4 heteroatoms. The summed E-state index contributed by atoms with van der Waals surface area (Å²) in [6.45, 7) is 12.9. The smallest absolute Gasteiger partial charge is 0.223 e. The van der Waals surface area contributed by atoms with E-state index in [2.05, 4.69) is 0 Å². The lowest BCUT2D eigenvalue weighted by Gasteiger charge is -2.31. The van der Waals surface area contributed by atoms with Gasteiger partial charge in [0.1, 0.15) is 0 Å². The zero-order chi connectivity index (χ0) is 15.8. The van der Waals surface area contributed by atoms with Gasteiger partial charge in [-0.1, -0.05) is 13.8 Å². The SMILES string of the molecule is CCOC(C)(C)CCC(=O)N(CC)C(CC)C(=O)CC. The number of ether oxygens (including phenoxy) is 1. The molecule has 0 aromatic rings. The lowest BCUT2D eigenvalue weighted by atomic mass is 10.0. The van der Waals surface area contributed by atoms with E-state index in [-0.39, 0.29) is 23.3 Å². The van der Waals surface area contributed by atoms with Crippen LogP contribution in [0.5, 0.6) is 0 Å². The first-order valence-corrected chi connectivity index (χ1v) is 7.79. The Morgan fingerprint density at radius 3 is 2.15 bits per heavy atom. The van der Waals surface area contributed by atoms with E-state index >= 15 is 0 Å². The second-order valence-corrected chi connectivity index (χ2v) is 5.62. The van der Waals surface area contributed by atoms with Crippen LogP contribution in [0.2, 0.25) is 0 Å². The van der Waals surface area contributed by atoms with Crippen molar-refractivity contribution in [3.8, 4) is 0 Å². The molecule has 118 valence electrons. The molecular weight excluding hydrogens is 254 g/mol. The number of carbonyl (C=O) groups excluding carboxylic acids is 2. The number of nitrogens with zero attached hydrogens (tertiary/aromatic N) is 1. The molecule has 4 nitrogen and oxygen atoms in total. The Balaban J connectivity index is 4.66. The van der Waals surface area contributed by atoms with Gasteiger partial charge in [-0.3, -0.25) is 9.59 Å². The standard InChI is InChI=1S/C16H31NO3/c1-7-13(14(18)8-2)17(9-3)15(19)11-12-16(5,6)20-10-4/h13H,7-12H2,1-6H3. The number of hydrogen-bond donors (Lipinski definition) is 0. The molecule has 1 atom stereocenters. The van der Waals surface area contributed by atoms with Crippen LogP contribution >= 0.6 is 0 Å². The Morgan fingerprint density at radius 1 is 1.15 bits per heavy atom. The maximum absolute atomic E-state index is 12.4. The van der Waals surface area contributed by atoms with Crippen molar-refractivity contribution >= 4 is 11.7 Å². The van der Waals surface area contributed by atoms with Crippen molar-refractivity contribution < 1.29 is 14.3 Å². The van der Waals surface area contributed by atoms with Crippen LogP contribution in [-0.2, 0) is 14.3 Å². The molecule has 0 bridgehead atoms. The van der Waals surface area contributed by atoms with Gasteiger partial charge in [0.15, 0.2) is 5.78 Å². The van der Waals surface area contributed by atoms with Gasteiger partial charge in [-0.15, -0.1) is 0 Å². The fourth-order valence-corrected chi connectivity index (χ4v) is 2.44. The molecule has 0 N–H and O–H groups in total. The van der Waals surface area contributed by atoms with Crippen LogP contribution < -0.4 is 0 Å². The third-order valence-corrected chi connectivity index (χ3v) is 3.62. The zero-order valence-corrected chi connectivity index (χ0v) is 14.0. The highest BCUT2D eigenvalue weighted by atomic mass is 16.5. The summed E-state index contributed by atoms with van der Waals surface area (Å²) >= 11 is 0. The number of rotatable bonds is 10. The quantitative estimate of drug-likeness (QED) is 0.619. The normalized spacial score (nSPS) is 13.1. The summed E-state index contributed by atoms with van der Waals surface area (Å²) in [6.07, 6.45) is 2.26. The lowest BCUT2D eigenvalue weighted by molar-refractivity contribution is -0.140. The van der Waals surface area contributed by atoms with Crippen molar-refractivity contribution in [2.24, 2.45) is 0 Å². The third-order valence-electron chi connectivity index (χ3n) is 3.62. The lowest BCUT2D eigenvalue weighted by Crippen LogP contribution is -2.45. The topological polar surface area (TPSA) is 46.6 Å². The van der Waals surface area contributed by atoms with Crippen molar-refractivity contribution in [1.29, 1.82) is 0 Å². The number of carbonyl (C=O) groups is 2. The fraction of sp³-hybridized carbons (Fsp3) is 0.875. The molecular formula is C16H31NO3. The van der Waals surface area contributed by atoms with E-state index in [4.69, 9.17) is 4.74 Å².